The standard InChI is InChI=1S/C23H22N2O5/c26-22(18-13-16-5-1-2-6-19(16)30-23(18)27)25-11-9-24(10-12-25)14-17-15-28-20-7-3-4-8-21(20)29-17/h1-8,13,17H,9-12,14-15H2. The van der Waals surface area contributed by atoms with Crippen LogP contribution in [0.1, 0.15) is 10.4 Å². The molecule has 7 nitrogen and oxygen atoms in total. The summed E-state index contributed by atoms with van der Waals surface area (Å²) in [5.74, 6) is 1.27. The van der Waals surface area contributed by atoms with Gasteiger partial charge >= 0.3 is 5.63 Å². The average Bonchev–Trinajstić information content (AvgIpc) is 2.78. The molecule has 1 atom stereocenters. The minimum atomic E-state index is -0.590. The summed E-state index contributed by atoms with van der Waals surface area (Å²) in [6.07, 6.45) is -0.0466. The Hall–Kier alpha value is -3.32. The molecule has 0 radical (unpaired) electrons. The van der Waals surface area contributed by atoms with Crippen LogP contribution in [-0.4, -0.2) is 61.1 Å². The van der Waals surface area contributed by atoms with Gasteiger partial charge in [0.2, 0.25) is 0 Å². The summed E-state index contributed by atoms with van der Waals surface area (Å²) in [4.78, 5) is 29.2. The third-order valence-electron chi connectivity index (χ3n) is 5.56. The van der Waals surface area contributed by atoms with Gasteiger partial charge in [0.1, 0.15) is 23.9 Å². The van der Waals surface area contributed by atoms with E-state index in [1.165, 1.54) is 0 Å². The Morgan fingerprint density at radius 2 is 1.70 bits per heavy atom. The van der Waals surface area contributed by atoms with Crippen LogP contribution in [0.2, 0.25) is 0 Å². The van der Waals surface area contributed by atoms with Crippen LogP contribution in [0.15, 0.2) is 63.8 Å². The molecule has 7 heteroatoms. The highest BCUT2D eigenvalue weighted by atomic mass is 16.6. The van der Waals surface area contributed by atoms with E-state index in [2.05, 4.69) is 4.90 Å². The summed E-state index contributed by atoms with van der Waals surface area (Å²) >= 11 is 0. The average molecular weight is 406 g/mol. The molecule has 30 heavy (non-hydrogen) atoms. The molecular weight excluding hydrogens is 384 g/mol. The summed E-state index contributed by atoms with van der Waals surface area (Å²) in [7, 11) is 0. The maximum Gasteiger partial charge on any atom is 0.349 e. The molecule has 3 aromatic rings. The lowest BCUT2D eigenvalue weighted by atomic mass is 10.1. The zero-order chi connectivity index (χ0) is 20.5. The van der Waals surface area contributed by atoms with Crippen LogP contribution in [0.4, 0.5) is 0 Å². The fourth-order valence-corrected chi connectivity index (χ4v) is 3.96. The summed E-state index contributed by atoms with van der Waals surface area (Å²) in [6, 6.07) is 16.5. The van der Waals surface area contributed by atoms with Crippen LogP contribution < -0.4 is 15.1 Å². The molecule has 0 aliphatic carbocycles. The Bertz CT molecular complexity index is 1130. The van der Waals surface area contributed by atoms with E-state index in [1.807, 2.05) is 36.4 Å². The highest BCUT2D eigenvalue weighted by Crippen LogP contribution is 2.31. The van der Waals surface area contributed by atoms with Gasteiger partial charge in [0.15, 0.2) is 11.5 Å². The second-order valence-corrected chi connectivity index (χ2v) is 7.58. The number of ether oxygens (including phenoxy) is 2. The first-order valence-electron chi connectivity index (χ1n) is 10.1. The third kappa shape index (κ3) is 3.64. The number of amides is 1. The number of carbonyl (C=O) groups is 1. The molecule has 1 unspecified atom stereocenters. The fraction of sp³-hybridized carbons (Fsp3) is 0.304. The SMILES string of the molecule is O=C(c1cc2ccccc2oc1=O)N1CCN(CC2COc3ccccc3O2)CC1. The van der Waals surface area contributed by atoms with Gasteiger partial charge in [0.25, 0.3) is 5.91 Å². The maximum absolute atomic E-state index is 12.9. The molecule has 0 spiro atoms. The fourth-order valence-electron chi connectivity index (χ4n) is 3.96. The maximum atomic E-state index is 12.9. The number of piperazine rings is 1. The van der Waals surface area contributed by atoms with Crippen molar-refractivity contribution in [2.24, 2.45) is 0 Å². The van der Waals surface area contributed by atoms with Gasteiger partial charge in [0, 0.05) is 38.1 Å². The second-order valence-electron chi connectivity index (χ2n) is 7.58. The van der Waals surface area contributed by atoms with Gasteiger partial charge in [-0.1, -0.05) is 30.3 Å². The Labute approximate surface area is 173 Å². The Balaban J connectivity index is 1.21. The first-order chi connectivity index (χ1) is 14.7. The third-order valence-corrected chi connectivity index (χ3v) is 5.56. The van der Waals surface area contributed by atoms with Crippen molar-refractivity contribution in [2.45, 2.75) is 6.10 Å². The van der Waals surface area contributed by atoms with E-state index in [9.17, 15) is 9.59 Å². The first-order valence-corrected chi connectivity index (χ1v) is 10.1. The zero-order valence-corrected chi connectivity index (χ0v) is 16.5. The van der Waals surface area contributed by atoms with Gasteiger partial charge in [-0.05, 0) is 24.3 Å². The van der Waals surface area contributed by atoms with Crippen molar-refractivity contribution in [2.75, 3.05) is 39.3 Å². The predicted molar refractivity (Wildman–Crippen MR) is 111 cm³/mol. The number of nitrogens with zero attached hydrogens (tertiary/aromatic N) is 2. The van der Waals surface area contributed by atoms with Crippen LogP contribution in [0.25, 0.3) is 11.0 Å². The molecule has 0 bridgehead atoms. The summed E-state index contributed by atoms with van der Waals surface area (Å²) in [5.41, 5.74) is -0.0181. The molecule has 154 valence electrons. The summed E-state index contributed by atoms with van der Waals surface area (Å²) in [5, 5.41) is 0.744. The second kappa shape index (κ2) is 7.84. The smallest absolute Gasteiger partial charge is 0.349 e. The highest BCUT2D eigenvalue weighted by Gasteiger charge is 2.28. The largest absolute Gasteiger partial charge is 0.486 e. The number of carbonyl (C=O) groups excluding carboxylic acids is 1. The molecule has 1 saturated heterocycles. The van der Waals surface area contributed by atoms with E-state index in [1.54, 1.807) is 23.1 Å². The van der Waals surface area contributed by atoms with Crippen molar-refractivity contribution < 1.29 is 18.7 Å². The first kappa shape index (κ1) is 18.7. The Morgan fingerprint density at radius 1 is 0.967 bits per heavy atom. The number of benzene rings is 2. The van der Waals surface area contributed by atoms with Gasteiger partial charge in [0.05, 0.1) is 0 Å². The van der Waals surface area contributed by atoms with E-state index in [4.69, 9.17) is 13.9 Å². The van der Waals surface area contributed by atoms with Crippen molar-refractivity contribution in [3.05, 3.63) is 70.6 Å². The molecule has 2 aliphatic rings. The Kier molecular flexibility index (Phi) is 4.88. The van der Waals surface area contributed by atoms with Crippen LogP contribution in [0, 0.1) is 0 Å². The minimum absolute atomic E-state index is 0.0466. The molecule has 1 fully saturated rings. The van der Waals surface area contributed by atoms with Crippen LogP contribution in [0.5, 0.6) is 11.5 Å². The van der Waals surface area contributed by atoms with Gasteiger partial charge in [-0.3, -0.25) is 9.69 Å². The molecule has 0 N–H and O–H groups in total. The van der Waals surface area contributed by atoms with E-state index >= 15 is 0 Å². The number of fused-ring (bicyclic) bond motifs is 2. The zero-order valence-electron chi connectivity index (χ0n) is 16.5. The topological polar surface area (TPSA) is 72.2 Å². The molecule has 2 aromatic carbocycles. The molecule has 0 saturated carbocycles. The molecule has 1 aromatic heterocycles. The quantitative estimate of drug-likeness (QED) is 0.622. The summed E-state index contributed by atoms with van der Waals surface area (Å²) in [6.45, 7) is 3.77. The molecular formula is C23H22N2O5. The molecule has 1 amide bonds. The number of hydrogen-bond donors (Lipinski definition) is 0. The van der Waals surface area contributed by atoms with Gasteiger partial charge in [-0.25, -0.2) is 4.79 Å². The number of rotatable bonds is 3. The van der Waals surface area contributed by atoms with Crippen LogP contribution in [0.3, 0.4) is 0 Å². The monoisotopic (exact) mass is 406 g/mol. The van der Waals surface area contributed by atoms with Crippen molar-refractivity contribution in [1.82, 2.24) is 9.80 Å². The highest BCUT2D eigenvalue weighted by molar-refractivity contribution is 5.96. The lowest BCUT2D eigenvalue weighted by Gasteiger charge is -2.37. The predicted octanol–water partition coefficient (Wildman–Crippen LogP) is 2.39. The number of para-hydroxylation sites is 3. The van der Waals surface area contributed by atoms with Crippen molar-refractivity contribution >= 4 is 16.9 Å². The Morgan fingerprint density at radius 3 is 2.53 bits per heavy atom. The molecule has 2 aliphatic heterocycles. The van der Waals surface area contributed by atoms with Gasteiger partial charge < -0.3 is 18.8 Å². The lowest BCUT2D eigenvalue weighted by molar-refractivity contribution is 0.0364. The molecule has 5 rings (SSSR count). The van der Waals surface area contributed by atoms with Gasteiger partial charge in [-0.2, -0.15) is 0 Å². The minimum Gasteiger partial charge on any atom is -0.486 e. The number of hydrogen-bond acceptors (Lipinski definition) is 6. The molecule has 3 heterocycles. The van der Waals surface area contributed by atoms with E-state index in [0.29, 0.717) is 38.4 Å². The van der Waals surface area contributed by atoms with E-state index in [0.717, 1.165) is 23.4 Å². The van der Waals surface area contributed by atoms with Crippen molar-refractivity contribution in [3.8, 4) is 11.5 Å². The summed E-state index contributed by atoms with van der Waals surface area (Å²) < 4.78 is 17.1. The van der Waals surface area contributed by atoms with Crippen molar-refractivity contribution in [3.63, 3.8) is 0 Å². The lowest BCUT2D eigenvalue weighted by Crippen LogP contribution is -2.52. The van der Waals surface area contributed by atoms with E-state index in [-0.39, 0.29) is 17.6 Å². The normalized spacial score (nSPS) is 19.1. The van der Waals surface area contributed by atoms with Crippen LogP contribution in [-0.2, 0) is 0 Å². The van der Waals surface area contributed by atoms with Gasteiger partial charge in [-0.15, -0.1) is 0 Å². The van der Waals surface area contributed by atoms with Crippen molar-refractivity contribution in [1.29, 1.82) is 0 Å². The van der Waals surface area contributed by atoms with Crippen LogP contribution >= 0.6 is 0 Å². The van der Waals surface area contributed by atoms with E-state index < -0.39 is 5.63 Å².